The number of nitrogens with zero attached hydrogens (tertiary/aromatic N) is 1. The summed E-state index contributed by atoms with van der Waals surface area (Å²) in [4.78, 5) is 6.86. The topological polar surface area (TPSA) is 77.3 Å². The molecule has 0 saturated heterocycles. The van der Waals surface area contributed by atoms with Crippen LogP contribution in [0, 0.1) is 10.1 Å². The Morgan fingerprint density at radius 2 is 1.27 bits per heavy atom. The molecule has 0 fully saturated rings. The van der Waals surface area contributed by atoms with Crippen LogP contribution in [0.15, 0.2) is 23.1 Å². The van der Waals surface area contributed by atoms with E-state index in [9.17, 15) is 58.0 Å². The molecule has 0 radical (unpaired) electrons. The Balaban J connectivity index is 4.06. The maximum absolute atomic E-state index is 12.9. The van der Waals surface area contributed by atoms with Gasteiger partial charge in [0.25, 0.3) is 5.69 Å². The second kappa shape index (κ2) is 6.14. The number of nitro benzene ring substituents is 1. The summed E-state index contributed by atoms with van der Waals surface area (Å²) in [7, 11) is -7.35. The van der Waals surface area contributed by atoms with Crippen LogP contribution in [0.3, 0.4) is 0 Å². The smallest absolute Gasteiger partial charge is 0.258 e. The van der Waals surface area contributed by atoms with Crippen molar-refractivity contribution < 1.29 is 52.9 Å². The van der Waals surface area contributed by atoms with Gasteiger partial charge in [0.15, 0.2) is 0 Å². The summed E-state index contributed by atoms with van der Waals surface area (Å²) in [6.07, 6.45) is -22.2. The minimum absolute atomic E-state index is 0.136. The van der Waals surface area contributed by atoms with Gasteiger partial charge in [-0.15, -0.1) is 0 Å². The molecule has 148 valence electrons. The van der Waals surface area contributed by atoms with Crippen LogP contribution in [-0.4, -0.2) is 36.6 Å². The Morgan fingerprint density at radius 1 is 0.885 bits per heavy atom. The monoisotopic (exact) mass is 439 g/mol. The summed E-state index contributed by atoms with van der Waals surface area (Å²) in [6, 6.07) is -0.376. The molecule has 16 heteroatoms. The fourth-order valence-corrected chi connectivity index (χ4v) is 3.88. The van der Waals surface area contributed by atoms with E-state index >= 15 is 0 Å². The van der Waals surface area contributed by atoms with Crippen LogP contribution in [0.5, 0.6) is 0 Å². The highest BCUT2D eigenvalue weighted by molar-refractivity contribution is 7.93. The average molecular weight is 440 g/mol. The van der Waals surface area contributed by atoms with Crippen LogP contribution >= 0.6 is 11.6 Å². The van der Waals surface area contributed by atoms with Gasteiger partial charge in [-0.1, -0.05) is 11.6 Å². The second-order valence-electron chi connectivity index (χ2n) is 4.55. The van der Waals surface area contributed by atoms with Crippen LogP contribution in [0.2, 0.25) is 5.02 Å². The first-order valence-corrected chi connectivity index (χ1v) is 7.57. The molecule has 0 bridgehead atoms. The summed E-state index contributed by atoms with van der Waals surface area (Å²) in [5.74, 6) is 0. The Labute approximate surface area is 142 Å². The van der Waals surface area contributed by atoms with E-state index in [0.29, 0.717) is 0 Å². The van der Waals surface area contributed by atoms with Gasteiger partial charge in [0.05, 0.1) is 9.82 Å². The van der Waals surface area contributed by atoms with Crippen molar-refractivity contribution in [2.75, 3.05) is 0 Å². The van der Waals surface area contributed by atoms with Gasteiger partial charge in [-0.2, -0.15) is 39.5 Å². The molecule has 0 amide bonds. The van der Waals surface area contributed by atoms with E-state index in [1.807, 2.05) is 0 Å². The van der Waals surface area contributed by atoms with Crippen molar-refractivity contribution in [1.29, 1.82) is 0 Å². The Hall–Kier alpha value is -1.77. The van der Waals surface area contributed by atoms with Crippen molar-refractivity contribution in [3.05, 3.63) is 33.3 Å². The summed E-state index contributed by atoms with van der Waals surface area (Å²) >= 11 is 5.22. The minimum atomic E-state index is -7.39. The first-order valence-electron chi connectivity index (χ1n) is 5.71. The van der Waals surface area contributed by atoms with Crippen molar-refractivity contribution in [2.24, 2.45) is 0 Å². The highest BCUT2D eigenvalue weighted by Gasteiger charge is 2.90. The van der Waals surface area contributed by atoms with Crippen molar-refractivity contribution >= 4 is 27.1 Å². The molecular weight excluding hydrogens is 437 g/mol. The number of hydrogen-bond acceptors (Lipinski definition) is 4. The molecule has 0 aromatic heterocycles. The van der Waals surface area contributed by atoms with E-state index in [-0.39, 0.29) is 12.1 Å². The van der Waals surface area contributed by atoms with Crippen LogP contribution in [0.1, 0.15) is 0 Å². The van der Waals surface area contributed by atoms with E-state index in [0.717, 1.165) is 0 Å². The predicted octanol–water partition coefficient (Wildman–Crippen LogP) is 4.45. The lowest BCUT2D eigenvalue weighted by molar-refractivity contribution is -0.385. The van der Waals surface area contributed by atoms with Crippen molar-refractivity contribution in [3.8, 4) is 0 Å². The van der Waals surface area contributed by atoms with Crippen LogP contribution < -0.4 is 0 Å². The lowest BCUT2D eigenvalue weighted by Gasteiger charge is -2.37. The van der Waals surface area contributed by atoms with Crippen LogP contribution in [0.25, 0.3) is 0 Å². The summed E-state index contributed by atoms with van der Waals surface area (Å²) < 4.78 is 133. The third-order valence-corrected chi connectivity index (χ3v) is 5.72. The fraction of sp³-hybridized carbons (Fsp3) is 0.400. The van der Waals surface area contributed by atoms with Gasteiger partial charge < -0.3 is 0 Å². The Bertz CT molecular complexity index is 792. The number of rotatable bonds is 3. The minimum Gasteiger partial charge on any atom is -0.258 e. The number of benzene rings is 1. The van der Waals surface area contributed by atoms with Crippen molar-refractivity contribution in [3.63, 3.8) is 0 Å². The molecule has 1 aromatic rings. The number of sulfone groups is 1. The molecule has 26 heavy (non-hydrogen) atoms. The highest BCUT2D eigenvalue weighted by Crippen LogP contribution is 2.59. The van der Waals surface area contributed by atoms with Gasteiger partial charge in [-0.3, -0.25) is 10.1 Å². The zero-order valence-corrected chi connectivity index (χ0v) is 13.1. The molecule has 1 aromatic carbocycles. The number of nitro groups is 1. The Morgan fingerprint density at radius 3 is 1.58 bits per heavy atom. The maximum Gasteiger partial charge on any atom is 0.426 e. The maximum atomic E-state index is 12.9. The van der Waals surface area contributed by atoms with Crippen LogP contribution in [-0.2, 0) is 9.84 Å². The quantitative estimate of drug-likeness (QED) is 0.396. The number of alkyl halides is 9. The highest BCUT2D eigenvalue weighted by atomic mass is 35.5. The Kier molecular flexibility index (Phi) is 5.26. The van der Waals surface area contributed by atoms with E-state index < -0.39 is 59.7 Å². The normalized spacial score (nSPS) is 14.4. The molecule has 1 rings (SSSR count). The van der Waals surface area contributed by atoms with Crippen LogP contribution in [0.4, 0.5) is 45.2 Å². The van der Waals surface area contributed by atoms with Gasteiger partial charge in [0.1, 0.15) is 5.02 Å². The standard InChI is InChI=1S/C10H3ClF9NO4S/c11-5-2-1-4(3-6(5)21(22)23)26(24,25)7(8(12,13)14,9(15,16)17)10(18,19)20/h1-3H. The third-order valence-electron chi connectivity index (χ3n) is 3.03. The van der Waals surface area contributed by atoms with E-state index in [1.54, 1.807) is 0 Å². The van der Waals surface area contributed by atoms with Crippen molar-refractivity contribution in [1.82, 2.24) is 0 Å². The second-order valence-corrected chi connectivity index (χ2v) is 7.05. The number of hydrogen-bond donors (Lipinski definition) is 0. The van der Waals surface area contributed by atoms with E-state index in [2.05, 4.69) is 0 Å². The molecule has 0 unspecified atom stereocenters. The van der Waals surface area contributed by atoms with E-state index in [4.69, 9.17) is 11.6 Å². The third kappa shape index (κ3) is 3.06. The molecule has 0 spiro atoms. The molecule has 0 heterocycles. The molecule has 0 aliphatic rings. The molecular formula is C10H3ClF9NO4S. The average Bonchev–Trinajstić information content (AvgIpc) is 2.32. The summed E-state index contributed by atoms with van der Waals surface area (Å²) in [5, 5.41) is 9.68. The molecule has 0 atom stereocenters. The van der Waals surface area contributed by atoms with Gasteiger partial charge >= 0.3 is 23.3 Å². The van der Waals surface area contributed by atoms with E-state index in [1.165, 1.54) is 0 Å². The zero-order valence-electron chi connectivity index (χ0n) is 11.5. The number of halogens is 10. The molecule has 0 aliphatic heterocycles. The fourth-order valence-electron chi connectivity index (χ4n) is 1.92. The molecule has 0 aliphatic carbocycles. The first-order chi connectivity index (χ1) is 11.3. The molecule has 0 N–H and O–H groups in total. The summed E-state index contributed by atoms with van der Waals surface area (Å²) in [5.41, 5.74) is -1.51. The zero-order chi connectivity index (χ0) is 20.9. The van der Waals surface area contributed by atoms with Gasteiger partial charge in [-0.05, 0) is 12.1 Å². The molecule has 5 nitrogen and oxygen atoms in total. The van der Waals surface area contributed by atoms with Gasteiger partial charge in [0.2, 0.25) is 9.84 Å². The lowest BCUT2D eigenvalue weighted by Crippen LogP contribution is -2.70. The van der Waals surface area contributed by atoms with Crippen molar-refractivity contribution in [2.45, 2.75) is 28.2 Å². The van der Waals surface area contributed by atoms with Gasteiger partial charge in [0, 0.05) is 6.07 Å². The molecule has 0 saturated carbocycles. The summed E-state index contributed by atoms with van der Waals surface area (Å²) in [6.45, 7) is 0. The largest absolute Gasteiger partial charge is 0.426 e. The van der Waals surface area contributed by atoms with Gasteiger partial charge in [-0.25, -0.2) is 8.42 Å². The lowest BCUT2D eigenvalue weighted by atomic mass is 10.1. The predicted molar refractivity (Wildman–Crippen MR) is 66.2 cm³/mol. The first kappa shape index (κ1) is 22.3. The SMILES string of the molecule is O=[N+]([O-])c1cc(S(=O)(=O)C(C(F)(F)F)(C(F)(F)F)C(F)(F)F)ccc1Cl.